The lowest BCUT2D eigenvalue weighted by Crippen LogP contribution is -2.17. The average Bonchev–Trinajstić information content (AvgIpc) is 2.30. The van der Waals surface area contributed by atoms with Gasteiger partial charge in [-0.05, 0) is 35.8 Å². The van der Waals surface area contributed by atoms with Crippen LogP contribution >= 0.6 is 11.8 Å². The van der Waals surface area contributed by atoms with E-state index < -0.39 is 0 Å². The van der Waals surface area contributed by atoms with Crippen molar-refractivity contribution in [3.8, 4) is 0 Å². The van der Waals surface area contributed by atoms with Gasteiger partial charge < -0.3 is 5.11 Å². The molecule has 0 amide bonds. The largest absolute Gasteiger partial charge is 0.388 e. The van der Waals surface area contributed by atoms with Crippen LogP contribution in [0.1, 0.15) is 24.5 Å². The van der Waals surface area contributed by atoms with E-state index in [0.717, 1.165) is 18.4 Å². The van der Waals surface area contributed by atoms with Gasteiger partial charge in [0.05, 0.1) is 6.10 Å². The van der Waals surface area contributed by atoms with E-state index in [2.05, 4.69) is 0 Å². The Hall–Kier alpha value is -0.470. The maximum absolute atomic E-state index is 10.1. The van der Waals surface area contributed by atoms with E-state index >= 15 is 0 Å². The molecule has 1 aliphatic heterocycles. The van der Waals surface area contributed by atoms with Crippen molar-refractivity contribution in [2.24, 2.45) is 5.92 Å². The monoisotopic (exact) mass is 208 g/mol. The zero-order valence-corrected chi connectivity index (χ0v) is 9.04. The lowest BCUT2D eigenvalue weighted by Gasteiger charge is -2.26. The summed E-state index contributed by atoms with van der Waals surface area (Å²) >= 11 is 2.00. The van der Waals surface area contributed by atoms with E-state index in [-0.39, 0.29) is 6.10 Å². The highest BCUT2D eigenvalue weighted by Gasteiger charge is 2.22. The summed E-state index contributed by atoms with van der Waals surface area (Å²) < 4.78 is 0. The predicted molar refractivity (Wildman–Crippen MR) is 61.5 cm³/mol. The Kier molecular flexibility index (Phi) is 3.49. The molecule has 1 fully saturated rings. The number of benzene rings is 1. The van der Waals surface area contributed by atoms with E-state index in [1.165, 1.54) is 11.5 Å². The minimum absolute atomic E-state index is 0.253. The minimum Gasteiger partial charge on any atom is -0.388 e. The van der Waals surface area contributed by atoms with E-state index in [0.29, 0.717) is 5.92 Å². The summed E-state index contributed by atoms with van der Waals surface area (Å²) in [5.74, 6) is 2.88. The molecule has 1 heterocycles. The molecular formula is C12H16OS. The molecule has 0 saturated carbocycles. The smallest absolute Gasteiger partial charge is 0.0818 e. The predicted octanol–water partition coefficient (Wildman–Crippen LogP) is 2.86. The number of aliphatic hydroxyl groups is 1. The van der Waals surface area contributed by atoms with Crippen LogP contribution in [-0.4, -0.2) is 16.6 Å². The molecule has 2 rings (SSSR count). The van der Waals surface area contributed by atoms with Crippen LogP contribution in [0.3, 0.4) is 0 Å². The molecule has 14 heavy (non-hydrogen) atoms. The van der Waals surface area contributed by atoms with Crippen LogP contribution in [0.5, 0.6) is 0 Å². The SMILES string of the molecule is O[C@@H](c1ccccc1)C1CCSCC1. The van der Waals surface area contributed by atoms with Crippen molar-refractivity contribution in [3.05, 3.63) is 35.9 Å². The standard InChI is InChI=1S/C12H16OS/c13-12(10-4-2-1-3-5-10)11-6-8-14-9-7-11/h1-5,11-13H,6-9H2/t12-/m0/s1. The van der Waals surface area contributed by atoms with Gasteiger partial charge in [0.1, 0.15) is 0 Å². The molecule has 1 aromatic carbocycles. The Morgan fingerprint density at radius 3 is 2.43 bits per heavy atom. The molecule has 1 atom stereocenters. The first kappa shape index (κ1) is 10.1. The third-order valence-electron chi connectivity index (χ3n) is 2.85. The Labute approximate surface area is 89.5 Å². The zero-order chi connectivity index (χ0) is 9.80. The molecule has 0 radical (unpaired) electrons. The quantitative estimate of drug-likeness (QED) is 0.806. The van der Waals surface area contributed by atoms with Gasteiger partial charge in [0.15, 0.2) is 0 Å². The van der Waals surface area contributed by atoms with Crippen molar-refractivity contribution >= 4 is 11.8 Å². The van der Waals surface area contributed by atoms with Crippen molar-refractivity contribution in [2.45, 2.75) is 18.9 Å². The van der Waals surface area contributed by atoms with Gasteiger partial charge in [0, 0.05) is 0 Å². The van der Waals surface area contributed by atoms with Gasteiger partial charge in [-0.15, -0.1) is 0 Å². The second-order valence-electron chi connectivity index (χ2n) is 3.81. The molecule has 1 aromatic rings. The summed E-state index contributed by atoms with van der Waals surface area (Å²) in [5.41, 5.74) is 1.07. The summed E-state index contributed by atoms with van der Waals surface area (Å²) in [6.07, 6.45) is 2.05. The first-order chi connectivity index (χ1) is 6.88. The molecule has 1 N–H and O–H groups in total. The van der Waals surface area contributed by atoms with Gasteiger partial charge in [-0.25, -0.2) is 0 Å². The fourth-order valence-electron chi connectivity index (χ4n) is 1.95. The Balaban J connectivity index is 2.03. The Bertz CT molecular complexity index is 267. The summed E-state index contributed by atoms with van der Waals surface area (Å²) in [5, 5.41) is 10.1. The molecule has 0 aliphatic carbocycles. The van der Waals surface area contributed by atoms with Crippen molar-refractivity contribution in [1.82, 2.24) is 0 Å². The number of thioether (sulfide) groups is 1. The van der Waals surface area contributed by atoms with E-state index in [4.69, 9.17) is 0 Å². The molecule has 1 saturated heterocycles. The summed E-state index contributed by atoms with van der Waals surface area (Å²) in [7, 11) is 0. The van der Waals surface area contributed by atoms with Gasteiger partial charge in [-0.3, -0.25) is 0 Å². The molecule has 1 nitrogen and oxygen atoms in total. The highest BCUT2D eigenvalue weighted by atomic mass is 32.2. The minimum atomic E-state index is -0.253. The molecule has 2 heteroatoms. The fourth-order valence-corrected chi connectivity index (χ4v) is 3.10. The second kappa shape index (κ2) is 4.85. The number of rotatable bonds is 2. The van der Waals surface area contributed by atoms with Crippen molar-refractivity contribution < 1.29 is 5.11 Å². The van der Waals surface area contributed by atoms with Crippen LogP contribution < -0.4 is 0 Å². The number of aliphatic hydroxyl groups excluding tert-OH is 1. The third kappa shape index (κ3) is 2.31. The van der Waals surface area contributed by atoms with Gasteiger partial charge in [0.25, 0.3) is 0 Å². The van der Waals surface area contributed by atoms with Crippen LogP contribution in [0.4, 0.5) is 0 Å². The lowest BCUT2D eigenvalue weighted by molar-refractivity contribution is 0.103. The van der Waals surface area contributed by atoms with Gasteiger partial charge >= 0.3 is 0 Å². The van der Waals surface area contributed by atoms with Crippen molar-refractivity contribution in [3.63, 3.8) is 0 Å². The first-order valence-corrected chi connectivity index (χ1v) is 6.34. The summed E-state index contributed by atoms with van der Waals surface area (Å²) in [6, 6.07) is 10.0. The van der Waals surface area contributed by atoms with Crippen LogP contribution in [0.2, 0.25) is 0 Å². The van der Waals surface area contributed by atoms with Crippen molar-refractivity contribution in [1.29, 1.82) is 0 Å². The van der Waals surface area contributed by atoms with Crippen LogP contribution in [0.15, 0.2) is 30.3 Å². The normalized spacial score (nSPS) is 20.6. The average molecular weight is 208 g/mol. The van der Waals surface area contributed by atoms with Crippen LogP contribution in [-0.2, 0) is 0 Å². The highest BCUT2D eigenvalue weighted by Crippen LogP contribution is 2.32. The number of hydrogen-bond acceptors (Lipinski definition) is 2. The van der Waals surface area contributed by atoms with Gasteiger partial charge in [-0.1, -0.05) is 30.3 Å². The van der Waals surface area contributed by atoms with Gasteiger partial charge in [0.2, 0.25) is 0 Å². The lowest BCUT2D eigenvalue weighted by atomic mass is 9.91. The molecule has 1 aliphatic rings. The molecule has 76 valence electrons. The zero-order valence-electron chi connectivity index (χ0n) is 8.23. The third-order valence-corrected chi connectivity index (χ3v) is 3.90. The van der Waals surface area contributed by atoms with Crippen LogP contribution in [0.25, 0.3) is 0 Å². The molecule has 0 aromatic heterocycles. The maximum Gasteiger partial charge on any atom is 0.0818 e. The van der Waals surface area contributed by atoms with E-state index in [1.807, 2.05) is 42.1 Å². The van der Waals surface area contributed by atoms with Crippen molar-refractivity contribution in [2.75, 3.05) is 11.5 Å². The Morgan fingerprint density at radius 1 is 1.14 bits per heavy atom. The van der Waals surface area contributed by atoms with E-state index in [9.17, 15) is 5.11 Å². The molecular weight excluding hydrogens is 192 g/mol. The van der Waals surface area contributed by atoms with Crippen LogP contribution in [0, 0.1) is 5.92 Å². The molecule has 0 spiro atoms. The second-order valence-corrected chi connectivity index (χ2v) is 5.03. The fraction of sp³-hybridized carbons (Fsp3) is 0.500. The summed E-state index contributed by atoms with van der Waals surface area (Å²) in [4.78, 5) is 0. The molecule has 0 bridgehead atoms. The highest BCUT2D eigenvalue weighted by molar-refractivity contribution is 7.99. The maximum atomic E-state index is 10.1. The topological polar surface area (TPSA) is 20.2 Å². The first-order valence-electron chi connectivity index (χ1n) is 5.18. The summed E-state index contributed by atoms with van der Waals surface area (Å²) in [6.45, 7) is 0. The Morgan fingerprint density at radius 2 is 1.79 bits per heavy atom. The van der Waals surface area contributed by atoms with Gasteiger partial charge in [-0.2, -0.15) is 11.8 Å². The number of hydrogen-bond donors (Lipinski definition) is 1. The van der Waals surface area contributed by atoms with E-state index in [1.54, 1.807) is 0 Å². The molecule has 0 unspecified atom stereocenters.